The third-order valence-electron chi connectivity index (χ3n) is 7.48. The second-order valence-corrected chi connectivity index (χ2v) is 9.97. The van der Waals surface area contributed by atoms with Gasteiger partial charge in [0.15, 0.2) is 0 Å². The number of aromatic hydroxyl groups is 1. The predicted molar refractivity (Wildman–Crippen MR) is 154 cm³/mol. The summed E-state index contributed by atoms with van der Waals surface area (Å²) in [5.41, 5.74) is 3.38. The van der Waals surface area contributed by atoms with E-state index in [2.05, 4.69) is 36.3 Å². The lowest BCUT2D eigenvalue weighted by Gasteiger charge is -2.47. The smallest absolute Gasteiger partial charge is 0.258 e. The minimum absolute atomic E-state index is 0.0515. The quantitative estimate of drug-likeness (QED) is 0.370. The highest BCUT2D eigenvalue weighted by atomic mass is 16.5. The van der Waals surface area contributed by atoms with E-state index in [9.17, 15) is 9.90 Å². The lowest BCUT2D eigenvalue weighted by atomic mass is 9.90. The second kappa shape index (κ2) is 12.3. The number of hydrogen-bond donors (Lipinski definition) is 1. The molecule has 1 saturated heterocycles. The fraction of sp³-hybridized carbons (Fsp3) is 0.344. The van der Waals surface area contributed by atoms with Crippen molar-refractivity contribution in [2.75, 3.05) is 38.2 Å². The molecule has 1 heterocycles. The molecule has 0 unspecified atom stereocenters. The van der Waals surface area contributed by atoms with E-state index < -0.39 is 0 Å². The van der Waals surface area contributed by atoms with E-state index in [-0.39, 0.29) is 23.7 Å². The first kappa shape index (κ1) is 27.4. The summed E-state index contributed by atoms with van der Waals surface area (Å²) in [6, 6.07) is 23.2. The van der Waals surface area contributed by atoms with Crippen LogP contribution in [0, 0.1) is 0 Å². The molecular formula is C32H39N3O3. The van der Waals surface area contributed by atoms with Crippen molar-refractivity contribution in [3.8, 4) is 11.5 Å². The van der Waals surface area contributed by atoms with Crippen LogP contribution in [0.3, 0.4) is 0 Å². The van der Waals surface area contributed by atoms with Crippen molar-refractivity contribution >= 4 is 11.6 Å². The van der Waals surface area contributed by atoms with Gasteiger partial charge in [0.25, 0.3) is 5.91 Å². The molecule has 6 nitrogen and oxygen atoms in total. The van der Waals surface area contributed by atoms with E-state index in [4.69, 9.17) is 4.74 Å². The molecule has 6 heteroatoms. The minimum atomic E-state index is -0.194. The van der Waals surface area contributed by atoms with E-state index in [1.54, 1.807) is 18.1 Å². The van der Waals surface area contributed by atoms with E-state index in [1.807, 2.05) is 73.7 Å². The number of amides is 1. The van der Waals surface area contributed by atoms with Crippen molar-refractivity contribution in [3.63, 3.8) is 0 Å². The first-order valence-electron chi connectivity index (χ1n) is 13.3. The van der Waals surface area contributed by atoms with Gasteiger partial charge < -0.3 is 14.7 Å². The maximum Gasteiger partial charge on any atom is 0.258 e. The maximum atomic E-state index is 14.1. The van der Waals surface area contributed by atoms with Crippen LogP contribution in [0.15, 0.2) is 85.5 Å². The molecule has 0 bridgehead atoms. The summed E-state index contributed by atoms with van der Waals surface area (Å²) < 4.78 is 5.31. The molecule has 0 aromatic heterocycles. The zero-order chi connectivity index (χ0) is 27.2. The Morgan fingerprint density at radius 1 is 1.08 bits per heavy atom. The van der Waals surface area contributed by atoms with E-state index >= 15 is 0 Å². The monoisotopic (exact) mass is 513 g/mol. The van der Waals surface area contributed by atoms with Crippen LogP contribution in [0.2, 0.25) is 0 Å². The standard InChI is InChI=1S/C32H39N3O3/c1-6-19-33-21-24(4)35(22-23(33)3)31(25-11-10-12-27(36)20-25)29-13-8-9-14-30(29)32(37)34(7-2)26-15-17-28(38-5)18-16-26/h6,8-18,20,23-24,31,36H,1,7,19,21-22H2,2-5H3/t23-,24+,31-/m1/s1. The van der Waals surface area contributed by atoms with Gasteiger partial charge in [0.05, 0.1) is 13.2 Å². The summed E-state index contributed by atoms with van der Waals surface area (Å²) in [6.07, 6.45) is 1.96. The van der Waals surface area contributed by atoms with Crippen LogP contribution in [-0.2, 0) is 0 Å². The normalized spacial score (nSPS) is 19.1. The molecule has 3 atom stereocenters. The molecule has 0 spiro atoms. The highest BCUT2D eigenvalue weighted by molar-refractivity contribution is 6.07. The van der Waals surface area contributed by atoms with Crippen molar-refractivity contribution in [3.05, 3.63) is 102 Å². The van der Waals surface area contributed by atoms with Crippen LogP contribution < -0.4 is 9.64 Å². The number of methoxy groups -OCH3 is 1. The number of phenols is 1. The highest BCUT2D eigenvalue weighted by Crippen LogP contribution is 2.37. The number of nitrogens with zero attached hydrogens (tertiary/aromatic N) is 3. The Kier molecular flexibility index (Phi) is 8.87. The molecule has 0 radical (unpaired) electrons. The first-order valence-corrected chi connectivity index (χ1v) is 13.3. The van der Waals surface area contributed by atoms with Crippen molar-refractivity contribution in [2.45, 2.75) is 38.9 Å². The molecule has 4 rings (SSSR count). The molecule has 200 valence electrons. The van der Waals surface area contributed by atoms with E-state index in [1.165, 1.54) is 0 Å². The molecule has 0 saturated carbocycles. The lowest BCUT2D eigenvalue weighted by Crippen LogP contribution is -2.57. The van der Waals surface area contributed by atoms with Gasteiger partial charge in [-0.25, -0.2) is 0 Å². The number of ether oxygens (including phenoxy) is 1. The number of hydrogen-bond acceptors (Lipinski definition) is 5. The topological polar surface area (TPSA) is 56.2 Å². The molecule has 1 aliphatic heterocycles. The van der Waals surface area contributed by atoms with Gasteiger partial charge in [0.1, 0.15) is 11.5 Å². The Morgan fingerprint density at radius 3 is 2.47 bits per heavy atom. The number of rotatable bonds is 9. The molecule has 3 aromatic carbocycles. The molecule has 1 amide bonds. The number of carbonyl (C=O) groups is 1. The lowest BCUT2D eigenvalue weighted by molar-refractivity contribution is 0.0304. The summed E-state index contributed by atoms with van der Waals surface area (Å²) >= 11 is 0. The zero-order valence-electron chi connectivity index (χ0n) is 22.9. The van der Waals surface area contributed by atoms with Gasteiger partial charge in [-0.2, -0.15) is 0 Å². The molecule has 1 aliphatic rings. The van der Waals surface area contributed by atoms with Gasteiger partial charge >= 0.3 is 0 Å². The molecule has 0 aliphatic carbocycles. The third-order valence-corrected chi connectivity index (χ3v) is 7.48. The summed E-state index contributed by atoms with van der Waals surface area (Å²) in [5, 5.41) is 10.4. The molecule has 3 aromatic rings. The minimum Gasteiger partial charge on any atom is -0.508 e. The summed E-state index contributed by atoms with van der Waals surface area (Å²) in [4.78, 5) is 20.8. The van der Waals surface area contributed by atoms with Crippen LogP contribution >= 0.6 is 0 Å². The highest BCUT2D eigenvalue weighted by Gasteiger charge is 2.36. The van der Waals surface area contributed by atoms with Crippen LogP contribution in [0.4, 0.5) is 5.69 Å². The Morgan fingerprint density at radius 2 is 1.82 bits per heavy atom. The predicted octanol–water partition coefficient (Wildman–Crippen LogP) is 5.74. The van der Waals surface area contributed by atoms with Crippen LogP contribution in [0.5, 0.6) is 11.5 Å². The SMILES string of the molecule is C=CCN1C[C@H](C)N([C@H](c2cccc(O)c2)c2ccccc2C(=O)N(CC)c2ccc(OC)cc2)C[C@H]1C. The summed E-state index contributed by atoms with van der Waals surface area (Å²) in [6.45, 7) is 13.5. The Labute approximate surface area is 226 Å². The van der Waals surface area contributed by atoms with Gasteiger partial charge in [-0.15, -0.1) is 6.58 Å². The van der Waals surface area contributed by atoms with Gasteiger partial charge in [-0.1, -0.05) is 36.4 Å². The van der Waals surface area contributed by atoms with Crippen molar-refractivity contribution in [1.29, 1.82) is 0 Å². The number of carbonyl (C=O) groups excluding carboxylic acids is 1. The number of benzene rings is 3. The fourth-order valence-electron chi connectivity index (χ4n) is 5.53. The first-order chi connectivity index (χ1) is 18.4. The van der Waals surface area contributed by atoms with Gasteiger partial charge in [-0.3, -0.25) is 14.6 Å². The Balaban J connectivity index is 1.78. The fourth-order valence-corrected chi connectivity index (χ4v) is 5.53. The summed E-state index contributed by atoms with van der Waals surface area (Å²) in [5.74, 6) is 0.917. The number of anilines is 1. The van der Waals surface area contributed by atoms with Crippen LogP contribution in [0.1, 0.15) is 48.3 Å². The Bertz CT molecular complexity index is 1240. The van der Waals surface area contributed by atoms with Gasteiger partial charge in [-0.05, 0) is 74.4 Å². The number of phenolic OH excluding ortho intramolecular Hbond substituents is 1. The van der Waals surface area contributed by atoms with Gasteiger partial charge in [0, 0.05) is 49.5 Å². The van der Waals surface area contributed by atoms with Crippen molar-refractivity contribution < 1.29 is 14.6 Å². The van der Waals surface area contributed by atoms with Crippen LogP contribution in [0.25, 0.3) is 0 Å². The average molecular weight is 514 g/mol. The van der Waals surface area contributed by atoms with Crippen molar-refractivity contribution in [2.24, 2.45) is 0 Å². The molecular weight excluding hydrogens is 474 g/mol. The number of piperazine rings is 1. The molecule has 38 heavy (non-hydrogen) atoms. The summed E-state index contributed by atoms with van der Waals surface area (Å²) in [7, 11) is 1.63. The third kappa shape index (κ3) is 5.77. The Hall–Kier alpha value is -3.61. The van der Waals surface area contributed by atoms with Crippen molar-refractivity contribution in [1.82, 2.24) is 9.80 Å². The van der Waals surface area contributed by atoms with E-state index in [0.29, 0.717) is 18.2 Å². The molecule has 1 N–H and O–H groups in total. The van der Waals surface area contributed by atoms with Crippen LogP contribution in [-0.4, -0.2) is 66.2 Å². The van der Waals surface area contributed by atoms with Gasteiger partial charge in [0.2, 0.25) is 0 Å². The maximum absolute atomic E-state index is 14.1. The average Bonchev–Trinajstić information content (AvgIpc) is 2.92. The zero-order valence-corrected chi connectivity index (χ0v) is 22.9. The largest absolute Gasteiger partial charge is 0.508 e. The second-order valence-electron chi connectivity index (χ2n) is 9.97. The van der Waals surface area contributed by atoms with E-state index in [0.717, 1.165) is 42.2 Å². The molecule has 1 fully saturated rings.